The number of nitrogen functional groups attached to an aromatic ring is 1. The minimum absolute atomic E-state index is 0.0318. The number of aromatic nitrogens is 4. The van der Waals surface area contributed by atoms with Crippen LogP contribution in [-0.2, 0) is 12.7 Å². The lowest BCUT2D eigenvalue weighted by Crippen LogP contribution is -2.35. The fourth-order valence-electron chi connectivity index (χ4n) is 4.82. The van der Waals surface area contributed by atoms with Crippen LogP contribution in [0.15, 0.2) is 30.7 Å². The van der Waals surface area contributed by atoms with E-state index in [1.54, 1.807) is 6.20 Å². The Hall–Kier alpha value is -3.76. The highest BCUT2D eigenvalue weighted by molar-refractivity contribution is 5.63. The van der Waals surface area contributed by atoms with Gasteiger partial charge in [-0.1, -0.05) is 0 Å². The summed E-state index contributed by atoms with van der Waals surface area (Å²) in [4.78, 5) is 19.2. The van der Waals surface area contributed by atoms with Crippen molar-refractivity contribution in [3.8, 4) is 17.3 Å². The number of halogens is 4. The van der Waals surface area contributed by atoms with Gasteiger partial charge < -0.3 is 25.0 Å². The van der Waals surface area contributed by atoms with Gasteiger partial charge in [0.2, 0.25) is 0 Å². The van der Waals surface area contributed by atoms with Crippen LogP contribution in [0.1, 0.15) is 35.7 Å². The van der Waals surface area contributed by atoms with Crippen molar-refractivity contribution in [1.29, 1.82) is 5.26 Å². The summed E-state index contributed by atoms with van der Waals surface area (Å²) < 4.78 is 56.2. The molecule has 3 aromatic rings. The summed E-state index contributed by atoms with van der Waals surface area (Å²) in [6.07, 6.45) is -0.326. The lowest BCUT2D eigenvalue weighted by atomic mass is 9.95. The molecule has 0 unspecified atom stereocenters. The van der Waals surface area contributed by atoms with Crippen LogP contribution in [0.3, 0.4) is 0 Å². The third-order valence-electron chi connectivity index (χ3n) is 7.15. The van der Waals surface area contributed by atoms with E-state index in [4.69, 9.17) is 10.7 Å². The van der Waals surface area contributed by atoms with Gasteiger partial charge in [-0.05, 0) is 52.2 Å². The molecule has 40 heavy (non-hydrogen) atoms. The van der Waals surface area contributed by atoms with E-state index < -0.39 is 17.6 Å². The predicted molar refractivity (Wildman–Crippen MR) is 144 cm³/mol. The molecule has 9 nitrogen and oxygen atoms in total. The van der Waals surface area contributed by atoms with E-state index in [1.807, 2.05) is 30.6 Å². The zero-order valence-corrected chi connectivity index (χ0v) is 22.8. The Labute approximate surface area is 230 Å². The van der Waals surface area contributed by atoms with Crippen molar-refractivity contribution >= 4 is 11.6 Å². The molecule has 1 aliphatic heterocycles. The minimum Gasteiger partial charge on any atom is -0.382 e. The molecule has 0 aliphatic carbocycles. The zero-order chi connectivity index (χ0) is 29.0. The number of benzene rings is 1. The third kappa shape index (κ3) is 6.68. The van der Waals surface area contributed by atoms with Gasteiger partial charge in [-0.25, -0.2) is 19.3 Å². The van der Waals surface area contributed by atoms with Gasteiger partial charge in [0, 0.05) is 56.9 Å². The molecule has 0 radical (unpaired) electrons. The minimum atomic E-state index is -4.81. The number of nitriles is 1. The lowest BCUT2D eigenvalue weighted by Gasteiger charge is -2.33. The Morgan fingerprint density at radius 2 is 1.82 bits per heavy atom. The molecule has 0 saturated carbocycles. The van der Waals surface area contributed by atoms with Crippen molar-refractivity contribution in [2.75, 3.05) is 64.5 Å². The maximum Gasteiger partial charge on any atom is 0.419 e. The maximum atomic E-state index is 14.0. The van der Waals surface area contributed by atoms with Crippen molar-refractivity contribution in [3.63, 3.8) is 0 Å². The van der Waals surface area contributed by atoms with Gasteiger partial charge in [-0.15, -0.1) is 0 Å². The maximum absolute atomic E-state index is 14.0. The van der Waals surface area contributed by atoms with E-state index in [9.17, 15) is 22.8 Å². The average Bonchev–Trinajstić information content (AvgIpc) is 3.34. The Bertz CT molecular complexity index is 1360. The van der Waals surface area contributed by atoms with Crippen LogP contribution in [0.2, 0.25) is 0 Å². The first-order valence-electron chi connectivity index (χ1n) is 13.0. The molecule has 1 saturated heterocycles. The normalized spacial score (nSPS) is 14.8. The lowest BCUT2D eigenvalue weighted by molar-refractivity contribution is -0.139. The Morgan fingerprint density at radius 1 is 1.10 bits per heavy atom. The van der Waals surface area contributed by atoms with Crippen molar-refractivity contribution in [1.82, 2.24) is 29.3 Å². The standard InChI is InChI=1S/C27H33F4N9/c1-37(2)10-11-38(3)12-13-40-16-23(19-4-5-22(28)21(14-19)27(29,30)31)36-25(40)18-6-8-39(9-7-18)26-20(15-32)24(33)34-17-35-26/h4-5,14,16-18H,6-13H2,1-3H3,(H2,33,34,35). The van der Waals surface area contributed by atoms with Crippen LogP contribution in [0.5, 0.6) is 0 Å². The summed E-state index contributed by atoms with van der Waals surface area (Å²) in [7, 11) is 6.04. The van der Waals surface area contributed by atoms with Gasteiger partial charge in [-0.2, -0.15) is 18.4 Å². The fraction of sp³-hybridized carbons (Fsp3) is 0.481. The van der Waals surface area contributed by atoms with Gasteiger partial charge >= 0.3 is 6.18 Å². The molecule has 0 spiro atoms. The number of nitrogens with zero attached hydrogens (tertiary/aromatic N) is 8. The largest absolute Gasteiger partial charge is 0.419 e. The van der Waals surface area contributed by atoms with E-state index in [0.717, 1.165) is 37.6 Å². The second kappa shape index (κ2) is 12.2. The molecule has 1 aromatic carbocycles. The van der Waals surface area contributed by atoms with Gasteiger partial charge in [-0.3, -0.25) is 0 Å². The number of anilines is 2. The van der Waals surface area contributed by atoms with Crippen LogP contribution in [0, 0.1) is 17.1 Å². The van der Waals surface area contributed by atoms with E-state index in [2.05, 4.69) is 25.8 Å². The number of imidazole rings is 1. The number of nitrogens with two attached hydrogens (primary N) is 1. The van der Waals surface area contributed by atoms with Gasteiger partial charge in [0.05, 0.1) is 11.3 Å². The second-order valence-electron chi connectivity index (χ2n) is 10.3. The molecular weight excluding hydrogens is 526 g/mol. The Balaban J connectivity index is 1.59. The topological polar surface area (TPSA) is 103 Å². The van der Waals surface area contributed by atoms with Crippen LogP contribution in [-0.4, -0.2) is 83.2 Å². The second-order valence-corrected chi connectivity index (χ2v) is 10.3. The molecule has 0 amide bonds. The monoisotopic (exact) mass is 559 g/mol. The van der Waals surface area contributed by atoms with Crippen LogP contribution < -0.4 is 10.6 Å². The molecule has 2 aromatic heterocycles. The summed E-state index contributed by atoms with van der Waals surface area (Å²) >= 11 is 0. The van der Waals surface area contributed by atoms with Crippen LogP contribution in [0.4, 0.5) is 29.2 Å². The third-order valence-corrected chi connectivity index (χ3v) is 7.15. The SMILES string of the molecule is CN(C)CCN(C)CCn1cc(-c2ccc(F)c(C(F)(F)F)c2)nc1C1CCN(c2ncnc(N)c2C#N)CC1. The molecule has 3 heterocycles. The highest BCUT2D eigenvalue weighted by Gasteiger charge is 2.35. The predicted octanol–water partition coefficient (Wildman–Crippen LogP) is 3.83. The van der Waals surface area contributed by atoms with E-state index in [0.29, 0.717) is 44.0 Å². The molecule has 2 N–H and O–H groups in total. The molecule has 1 aliphatic rings. The molecule has 0 bridgehead atoms. The molecule has 0 atom stereocenters. The highest BCUT2D eigenvalue weighted by atomic mass is 19.4. The van der Waals surface area contributed by atoms with E-state index in [-0.39, 0.29) is 22.9 Å². The first-order valence-corrected chi connectivity index (χ1v) is 13.0. The van der Waals surface area contributed by atoms with Crippen LogP contribution >= 0.6 is 0 Å². The first kappa shape index (κ1) is 29.2. The number of likely N-dealkylation sites (N-methyl/N-ethyl adjacent to an activating group) is 2. The summed E-state index contributed by atoms with van der Waals surface area (Å²) in [5, 5.41) is 9.52. The number of hydrogen-bond acceptors (Lipinski definition) is 8. The quantitative estimate of drug-likeness (QED) is 0.395. The van der Waals surface area contributed by atoms with E-state index in [1.165, 1.54) is 12.4 Å². The van der Waals surface area contributed by atoms with Gasteiger partial charge in [0.15, 0.2) is 5.82 Å². The zero-order valence-electron chi connectivity index (χ0n) is 22.8. The number of hydrogen-bond donors (Lipinski definition) is 1. The Morgan fingerprint density at radius 3 is 2.48 bits per heavy atom. The molecule has 214 valence electrons. The molecular formula is C27H33F4N9. The summed E-state index contributed by atoms with van der Waals surface area (Å²) in [5.41, 5.74) is 5.37. The smallest absolute Gasteiger partial charge is 0.382 e. The van der Waals surface area contributed by atoms with Gasteiger partial charge in [0.1, 0.15) is 35.4 Å². The number of alkyl halides is 3. The number of piperidine rings is 1. The van der Waals surface area contributed by atoms with E-state index >= 15 is 0 Å². The molecule has 13 heteroatoms. The summed E-state index contributed by atoms with van der Waals surface area (Å²) in [6.45, 7) is 4.26. The van der Waals surface area contributed by atoms with Crippen molar-refractivity contribution in [2.24, 2.45) is 0 Å². The van der Waals surface area contributed by atoms with Crippen molar-refractivity contribution in [2.45, 2.75) is 31.5 Å². The molecule has 4 rings (SSSR count). The van der Waals surface area contributed by atoms with Crippen LogP contribution in [0.25, 0.3) is 11.3 Å². The molecule has 1 fully saturated rings. The van der Waals surface area contributed by atoms with Crippen molar-refractivity contribution < 1.29 is 17.6 Å². The highest BCUT2D eigenvalue weighted by Crippen LogP contribution is 2.36. The fourth-order valence-corrected chi connectivity index (χ4v) is 4.82. The first-order chi connectivity index (χ1) is 19.0. The summed E-state index contributed by atoms with van der Waals surface area (Å²) in [6, 6.07) is 5.06. The summed E-state index contributed by atoms with van der Waals surface area (Å²) in [5.74, 6) is 0.116. The number of rotatable bonds is 9. The average molecular weight is 560 g/mol. The van der Waals surface area contributed by atoms with Crippen molar-refractivity contribution in [3.05, 3.63) is 53.5 Å². The Kier molecular flexibility index (Phi) is 8.90. The van der Waals surface area contributed by atoms with Gasteiger partial charge in [0.25, 0.3) is 0 Å².